The summed E-state index contributed by atoms with van der Waals surface area (Å²) < 4.78 is 1.23. The minimum absolute atomic E-state index is 0.0107. The van der Waals surface area contributed by atoms with Crippen molar-refractivity contribution in [3.8, 4) is 0 Å². The van der Waals surface area contributed by atoms with Gasteiger partial charge in [0.25, 0.3) is 11.5 Å². The van der Waals surface area contributed by atoms with Crippen molar-refractivity contribution in [3.05, 3.63) is 100.0 Å². The highest BCUT2D eigenvalue weighted by Gasteiger charge is 2.32. The summed E-state index contributed by atoms with van der Waals surface area (Å²) >= 11 is 0. The molecule has 0 aliphatic carbocycles. The number of amides is 2. The topological polar surface area (TPSA) is 75.5 Å². The summed E-state index contributed by atoms with van der Waals surface area (Å²) in [5, 5.41) is 4.32. The molecule has 0 N–H and O–H groups in total. The Morgan fingerprint density at radius 1 is 1.00 bits per heavy atom. The minimum Gasteiger partial charge on any atom is -0.339 e. The molecule has 0 saturated heterocycles. The van der Waals surface area contributed by atoms with E-state index in [2.05, 4.69) is 23.3 Å². The van der Waals surface area contributed by atoms with Crippen LogP contribution in [0.4, 0.5) is 5.69 Å². The maximum absolute atomic E-state index is 13.3. The first-order chi connectivity index (χ1) is 17.0. The summed E-state index contributed by atoms with van der Waals surface area (Å²) in [5.74, 6) is -0.266. The molecule has 3 heterocycles. The van der Waals surface area contributed by atoms with Crippen LogP contribution in [-0.2, 0) is 17.8 Å². The molecule has 0 fully saturated rings. The average molecular weight is 469 g/mol. The van der Waals surface area contributed by atoms with E-state index >= 15 is 0 Å². The molecular formula is C28H28N4O3. The molecule has 0 unspecified atom stereocenters. The van der Waals surface area contributed by atoms with Gasteiger partial charge in [-0.25, -0.2) is 4.68 Å². The lowest BCUT2D eigenvalue weighted by atomic mass is 9.99. The lowest BCUT2D eigenvalue weighted by Crippen LogP contribution is -2.38. The van der Waals surface area contributed by atoms with Gasteiger partial charge < -0.3 is 9.80 Å². The fourth-order valence-electron chi connectivity index (χ4n) is 4.89. The highest BCUT2D eigenvalue weighted by Crippen LogP contribution is 2.32. The molecule has 2 aliphatic rings. The van der Waals surface area contributed by atoms with Crippen LogP contribution in [0.25, 0.3) is 5.57 Å². The van der Waals surface area contributed by atoms with Crippen LogP contribution < -0.4 is 10.5 Å². The number of anilines is 1. The standard InChI is InChI=1S/C28H28N4O3/c1-20-19-23-9-5-6-10-25(23)32(20)28(35)24-11-12-27(34)31(29-24)18-15-26(33)30-16-13-22(14-17-30)21-7-3-2-4-8-21/h2-13,20H,14-19H2,1H3/t20-/m0/s1. The second kappa shape index (κ2) is 9.70. The Labute approximate surface area is 204 Å². The molecule has 2 aliphatic heterocycles. The van der Waals surface area contributed by atoms with E-state index in [-0.39, 0.29) is 42.1 Å². The number of carbonyl (C=O) groups excluding carboxylic acids is 2. The lowest BCUT2D eigenvalue weighted by molar-refractivity contribution is -0.131. The van der Waals surface area contributed by atoms with E-state index in [0.29, 0.717) is 13.1 Å². The van der Waals surface area contributed by atoms with Gasteiger partial charge >= 0.3 is 0 Å². The van der Waals surface area contributed by atoms with Gasteiger partial charge in [0.05, 0.1) is 6.54 Å². The Morgan fingerprint density at radius 3 is 2.54 bits per heavy atom. The first-order valence-electron chi connectivity index (χ1n) is 12.0. The highest BCUT2D eigenvalue weighted by molar-refractivity contribution is 6.06. The predicted molar refractivity (Wildman–Crippen MR) is 135 cm³/mol. The molecule has 0 spiro atoms. The van der Waals surface area contributed by atoms with Crippen molar-refractivity contribution in [1.29, 1.82) is 0 Å². The van der Waals surface area contributed by atoms with E-state index < -0.39 is 0 Å². The summed E-state index contributed by atoms with van der Waals surface area (Å²) in [7, 11) is 0. The van der Waals surface area contributed by atoms with Crippen LogP contribution in [0.5, 0.6) is 0 Å². The molecule has 7 nitrogen and oxygen atoms in total. The number of aromatic nitrogens is 2. The molecule has 2 amide bonds. The third-order valence-electron chi connectivity index (χ3n) is 6.76. The molecule has 0 saturated carbocycles. The van der Waals surface area contributed by atoms with Crippen molar-refractivity contribution >= 4 is 23.1 Å². The van der Waals surface area contributed by atoms with E-state index in [9.17, 15) is 14.4 Å². The van der Waals surface area contributed by atoms with Crippen molar-refractivity contribution in [2.45, 2.75) is 38.8 Å². The van der Waals surface area contributed by atoms with Gasteiger partial charge in [-0.2, -0.15) is 5.10 Å². The molecule has 2 aromatic carbocycles. The fraction of sp³-hybridized carbons (Fsp3) is 0.286. The lowest BCUT2D eigenvalue weighted by Gasteiger charge is -2.27. The van der Waals surface area contributed by atoms with Crippen LogP contribution >= 0.6 is 0 Å². The average Bonchev–Trinajstić information content (AvgIpc) is 3.23. The van der Waals surface area contributed by atoms with Crippen LogP contribution in [-0.4, -0.2) is 45.6 Å². The Balaban J connectivity index is 1.25. The Morgan fingerprint density at radius 2 is 1.77 bits per heavy atom. The number of aryl methyl sites for hydroxylation is 1. The van der Waals surface area contributed by atoms with Gasteiger partial charge in [-0.1, -0.05) is 54.6 Å². The highest BCUT2D eigenvalue weighted by atomic mass is 16.2. The van der Waals surface area contributed by atoms with Crippen molar-refractivity contribution in [3.63, 3.8) is 0 Å². The van der Waals surface area contributed by atoms with E-state index in [1.165, 1.54) is 28.0 Å². The maximum atomic E-state index is 13.3. The van der Waals surface area contributed by atoms with Gasteiger partial charge in [0.2, 0.25) is 5.91 Å². The van der Waals surface area contributed by atoms with Crippen LogP contribution in [0, 0.1) is 0 Å². The number of benzene rings is 2. The van der Waals surface area contributed by atoms with E-state index in [0.717, 1.165) is 24.1 Å². The van der Waals surface area contributed by atoms with Gasteiger partial charge in [-0.3, -0.25) is 14.4 Å². The summed E-state index contributed by atoms with van der Waals surface area (Å²) in [4.78, 5) is 42.0. The molecule has 3 aromatic rings. The van der Waals surface area contributed by atoms with Crippen molar-refractivity contribution in [2.75, 3.05) is 18.0 Å². The zero-order valence-corrected chi connectivity index (χ0v) is 19.8. The SMILES string of the molecule is C[C@H]1Cc2ccccc2N1C(=O)c1ccc(=O)n(CCC(=O)N2CC=C(c3ccccc3)CC2)n1. The number of hydrogen-bond donors (Lipinski definition) is 0. The zero-order chi connectivity index (χ0) is 24.4. The first-order valence-corrected chi connectivity index (χ1v) is 12.0. The molecule has 35 heavy (non-hydrogen) atoms. The number of para-hydroxylation sites is 1. The first kappa shape index (κ1) is 22.8. The van der Waals surface area contributed by atoms with Gasteiger partial charge in [-0.05, 0) is 48.6 Å². The van der Waals surface area contributed by atoms with Gasteiger partial charge in [0.1, 0.15) is 5.69 Å². The Hall–Kier alpha value is -4.00. The van der Waals surface area contributed by atoms with Crippen LogP contribution in [0.2, 0.25) is 0 Å². The van der Waals surface area contributed by atoms with Crippen LogP contribution in [0.15, 0.2) is 77.6 Å². The normalized spacial score (nSPS) is 17.2. The third kappa shape index (κ3) is 4.67. The number of hydrogen-bond acceptors (Lipinski definition) is 4. The largest absolute Gasteiger partial charge is 0.339 e. The molecule has 5 rings (SSSR count). The van der Waals surface area contributed by atoms with Crippen molar-refractivity contribution < 1.29 is 9.59 Å². The quantitative estimate of drug-likeness (QED) is 0.574. The molecule has 178 valence electrons. The third-order valence-corrected chi connectivity index (χ3v) is 6.76. The zero-order valence-electron chi connectivity index (χ0n) is 19.8. The molecular weight excluding hydrogens is 440 g/mol. The number of fused-ring (bicyclic) bond motifs is 1. The van der Waals surface area contributed by atoms with Gasteiger partial charge in [0, 0.05) is 37.3 Å². The van der Waals surface area contributed by atoms with Gasteiger partial charge in [0.15, 0.2) is 0 Å². The second-order valence-corrected chi connectivity index (χ2v) is 9.07. The number of carbonyl (C=O) groups is 2. The fourth-order valence-corrected chi connectivity index (χ4v) is 4.89. The maximum Gasteiger partial charge on any atom is 0.278 e. The van der Waals surface area contributed by atoms with E-state index in [1.807, 2.05) is 49.4 Å². The summed E-state index contributed by atoms with van der Waals surface area (Å²) in [6, 6.07) is 20.9. The van der Waals surface area contributed by atoms with Crippen LogP contribution in [0.1, 0.15) is 41.4 Å². The van der Waals surface area contributed by atoms with Crippen molar-refractivity contribution in [2.24, 2.45) is 0 Å². The summed E-state index contributed by atoms with van der Waals surface area (Å²) in [6.45, 7) is 3.34. The predicted octanol–water partition coefficient (Wildman–Crippen LogP) is 3.54. The molecule has 1 atom stereocenters. The van der Waals surface area contributed by atoms with Crippen molar-refractivity contribution in [1.82, 2.24) is 14.7 Å². The number of rotatable bonds is 5. The minimum atomic E-state index is -0.325. The van der Waals surface area contributed by atoms with Gasteiger partial charge in [-0.15, -0.1) is 0 Å². The molecule has 1 aromatic heterocycles. The number of nitrogens with zero attached hydrogens (tertiary/aromatic N) is 4. The molecule has 0 radical (unpaired) electrons. The monoisotopic (exact) mass is 468 g/mol. The summed E-state index contributed by atoms with van der Waals surface area (Å²) in [6.07, 6.45) is 3.83. The Kier molecular flexibility index (Phi) is 6.31. The molecule has 0 bridgehead atoms. The smallest absolute Gasteiger partial charge is 0.278 e. The van der Waals surface area contributed by atoms with E-state index in [4.69, 9.17) is 0 Å². The Bertz CT molecular complexity index is 1350. The van der Waals surface area contributed by atoms with Crippen LogP contribution in [0.3, 0.4) is 0 Å². The second-order valence-electron chi connectivity index (χ2n) is 9.07. The molecule has 7 heteroatoms. The summed E-state index contributed by atoms with van der Waals surface area (Å²) in [5.41, 5.74) is 4.32. The van der Waals surface area contributed by atoms with E-state index in [1.54, 1.807) is 9.80 Å².